The molecule has 0 aliphatic carbocycles. The summed E-state index contributed by atoms with van der Waals surface area (Å²) in [5, 5.41) is 12.1. The lowest BCUT2D eigenvalue weighted by atomic mass is 9.98. The number of nitro benzene ring substituents is 1. The van der Waals surface area contributed by atoms with Crippen LogP contribution in [-0.2, 0) is 13.1 Å². The molecule has 4 aromatic rings. The van der Waals surface area contributed by atoms with E-state index in [0.717, 1.165) is 16.7 Å². The maximum atomic E-state index is 13.9. The lowest BCUT2D eigenvalue weighted by Crippen LogP contribution is -2.48. The first kappa shape index (κ1) is 22.6. The quantitative estimate of drug-likeness (QED) is 0.228. The van der Waals surface area contributed by atoms with E-state index in [-0.39, 0.29) is 11.6 Å². The highest BCUT2D eigenvalue weighted by Crippen LogP contribution is 2.42. The largest absolute Gasteiger partial charge is 0.342 e. The van der Waals surface area contributed by atoms with Crippen molar-refractivity contribution >= 4 is 28.9 Å². The Labute approximate surface area is 208 Å². The fourth-order valence-corrected chi connectivity index (χ4v) is 4.74. The number of halogens is 1. The van der Waals surface area contributed by atoms with Crippen molar-refractivity contribution in [3.63, 3.8) is 0 Å². The molecule has 174 valence electrons. The van der Waals surface area contributed by atoms with Crippen LogP contribution in [0.1, 0.15) is 33.2 Å². The maximum Gasteiger partial charge on any atom is 0.270 e. The number of carbonyl (C=O) groups excluding carboxylic acids is 1. The molecule has 0 saturated heterocycles. The summed E-state index contributed by atoms with van der Waals surface area (Å²) in [7, 11) is 0. The Morgan fingerprint density at radius 1 is 0.771 bits per heavy atom. The van der Waals surface area contributed by atoms with Gasteiger partial charge in [-0.15, -0.1) is 0 Å². The Morgan fingerprint density at radius 3 is 2.00 bits per heavy atom. The summed E-state index contributed by atoms with van der Waals surface area (Å²) in [6, 6.07) is 31.7. The van der Waals surface area contributed by atoms with Gasteiger partial charge < -0.3 is 9.80 Å². The minimum Gasteiger partial charge on any atom is -0.342 e. The van der Waals surface area contributed by atoms with Crippen LogP contribution in [-0.4, -0.2) is 15.7 Å². The van der Waals surface area contributed by atoms with Crippen molar-refractivity contribution < 1.29 is 9.72 Å². The number of nitrogens with zero attached hydrogens (tertiary/aromatic N) is 3. The van der Waals surface area contributed by atoms with Crippen LogP contribution in [0.4, 0.5) is 11.4 Å². The monoisotopic (exact) mass is 483 g/mol. The van der Waals surface area contributed by atoms with Crippen LogP contribution in [0.15, 0.2) is 103 Å². The van der Waals surface area contributed by atoms with E-state index in [1.165, 1.54) is 12.1 Å². The zero-order valence-corrected chi connectivity index (χ0v) is 19.5. The number of hydrogen-bond donors (Lipinski definition) is 0. The standard InChI is InChI=1S/C28H22ClN3O3/c29-23-13-7-12-22(16-23)27-30(18-20-8-3-1-4-9-20)26-15-14-24(32(34)35)17-25(26)28(33)31(27)19-21-10-5-2-6-11-21/h1-17,27H,18-19H2/t27-/m1/s1. The second-order valence-corrected chi connectivity index (χ2v) is 8.86. The van der Waals surface area contributed by atoms with Crippen LogP contribution in [0, 0.1) is 10.1 Å². The summed E-state index contributed by atoms with van der Waals surface area (Å²) < 4.78 is 0. The van der Waals surface area contributed by atoms with Crippen LogP contribution in [0.5, 0.6) is 0 Å². The Balaban J connectivity index is 1.70. The minimum absolute atomic E-state index is 0.113. The molecule has 1 amide bonds. The van der Waals surface area contributed by atoms with Gasteiger partial charge in [-0.2, -0.15) is 0 Å². The van der Waals surface area contributed by atoms with Gasteiger partial charge in [-0.25, -0.2) is 0 Å². The average molecular weight is 484 g/mol. The predicted molar refractivity (Wildman–Crippen MR) is 136 cm³/mol. The molecule has 0 unspecified atom stereocenters. The van der Waals surface area contributed by atoms with Crippen molar-refractivity contribution in [1.82, 2.24) is 4.90 Å². The summed E-state index contributed by atoms with van der Waals surface area (Å²) in [5.41, 5.74) is 3.72. The van der Waals surface area contributed by atoms with Crippen molar-refractivity contribution in [2.45, 2.75) is 19.3 Å². The van der Waals surface area contributed by atoms with Crippen molar-refractivity contribution in [3.05, 3.63) is 141 Å². The Bertz CT molecular complexity index is 1380. The first-order valence-corrected chi connectivity index (χ1v) is 11.6. The molecule has 6 nitrogen and oxygen atoms in total. The summed E-state index contributed by atoms with van der Waals surface area (Å²) >= 11 is 6.38. The average Bonchev–Trinajstić information content (AvgIpc) is 2.87. The molecule has 0 fully saturated rings. The van der Waals surface area contributed by atoms with Gasteiger partial charge in [-0.1, -0.05) is 84.4 Å². The van der Waals surface area contributed by atoms with E-state index in [0.29, 0.717) is 29.4 Å². The highest BCUT2D eigenvalue weighted by atomic mass is 35.5. The first-order chi connectivity index (χ1) is 17.0. The molecule has 1 aliphatic rings. The number of nitro groups is 1. The molecule has 5 rings (SSSR count). The normalized spacial score (nSPS) is 15.1. The van der Waals surface area contributed by atoms with Gasteiger partial charge in [0, 0.05) is 30.2 Å². The van der Waals surface area contributed by atoms with E-state index in [1.807, 2.05) is 78.9 Å². The molecule has 1 aliphatic heterocycles. The van der Waals surface area contributed by atoms with E-state index in [9.17, 15) is 14.9 Å². The molecule has 0 aromatic heterocycles. The molecule has 0 spiro atoms. The number of hydrogen-bond acceptors (Lipinski definition) is 4. The molecule has 35 heavy (non-hydrogen) atoms. The molecule has 0 N–H and O–H groups in total. The van der Waals surface area contributed by atoms with E-state index in [2.05, 4.69) is 4.90 Å². The predicted octanol–water partition coefficient (Wildman–Crippen LogP) is 6.61. The Kier molecular flexibility index (Phi) is 6.21. The Hall–Kier alpha value is -4.16. The van der Waals surface area contributed by atoms with Gasteiger partial charge >= 0.3 is 0 Å². The van der Waals surface area contributed by atoms with Gasteiger partial charge in [0.25, 0.3) is 11.6 Å². The maximum absolute atomic E-state index is 13.9. The summed E-state index contributed by atoms with van der Waals surface area (Å²) in [6.45, 7) is 0.839. The molecule has 0 saturated carbocycles. The van der Waals surface area contributed by atoms with Gasteiger partial charge in [0.15, 0.2) is 0 Å². The molecular formula is C28H22ClN3O3. The second-order valence-electron chi connectivity index (χ2n) is 8.42. The van der Waals surface area contributed by atoms with E-state index in [4.69, 9.17) is 11.6 Å². The van der Waals surface area contributed by atoms with Crippen molar-refractivity contribution in [2.75, 3.05) is 4.90 Å². The molecular weight excluding hydrogens is 462 g/mol. The van der Waals surface area contributed by atoms with Gasteiger partial charge in [0.05, 0.1) is 16.2 Å². The third-order valence-electron chi connectivity index (χ3n) is 6.12. The third-order valence-corrected chi connectivity index (χ3v) is 6.36. The highest BCUT2D eigenvalue weighted by Gasteiger charge is 2.39. The van der Waals surface area contributed by atoms with Crippen LogP contribution in [0.25, 0.3) is 0 Å². The van der Waals surface area contributed by atoms with Gasteiger partial charge in [-0.05, 0) is 34.9 Å². The first-order valence-electron chi connectivity index (χ1n) is 11.2. The number of benzene rings is 4. The molecule has 7 heteroatoms. The number of rotatable bonds is 6. The van der Waals surface area contributed by atoms with Crippen molar-refractivity contribution in [1.29, 1.82) is 0 Å². The Morgan fingerprint density at radius 2 is 1.40 bits per heavy atom. The zero-order valence-electron chi connectivity index (χ0n) is 18.8. The second kappa shape index (κ2) is 9.60. The SMILES string of the molecule is O=C1c2cc([N+](=O)[O-])ccc2N(Cc2ccccc2)[C@@H](c2cccc(Cl)c2)N1Cc1ccccc1. The van der Waals surface area contributed by atoms with E-state index >= 15 is 0 Å². The van der Waals surface area contributed by atoms with Crippen LogP contribution in [0.3, 0.4) is 0 Å². The lowest BCUT2D eigenvalue weighted by molar-refractivity contribution is -0.384. The van der Waals surface area contributed by atoms with Crippen LogP contribution in [0.2, 0.25) is 5.02 Å². The highest BCUT2D eigenvalue weighted by molar-refractivity contribution is 6.30. The van der Waals surface area contributed by atoms with Crippen molar-refractivity contribution in [2.24, 2.45) is 0 Å². The van der Waals surface area contributed by atoms with Crippen LogP contribution >= 0.6 is 11.6 Å². The summed E-state index contributed by atoms with van der Waals surface area (Å²) in [5.74, 6) is -0.262. The fraction of sp³-hybridized carbons (Fsp3) is 0.107. The molecule has 1 atom stereocenters. The fourth-order valence-electron chi connectivity index (χ4n) is 4.54. The topological polar surface area (TPSA) is 66.7 Å². The lowest BCUT2D eigenvalue weighted by Gasteiger charge is -2.46. The van der Waals surface area contributed by atoms with E-state index < -0.39 is 11.1 Å². The van der Waals surface area contributed by atoms with Gasteiger partial charge in [-0.3, -0.25) is 14.9 Å². The molecule has 4 aromatic carbocycles. The van der Waals surface area contributed by atoms with Gasteiger partial charge in [0.1, 0.15) is 6.17 Å². The number of non-ortho nitro benzene ring substituents is 1. The molecule has 1 heterocycles. The number of carbonyl (C=O) groups is 1. The molecule has 0 radical (unpaired) electrons. The number of fused-ring (bicyclic) bond motifs is 1. The summed E-state index contributed by atoms with van der Waals surface area (Å²) in [4.78, 5) is 28.8. The van der Waals surface area contributed by atoms with Gasteiger partial charge in [0.2, 0.25) is 0 Å². The number of amides is 1. The van der Waals surface area contributed by atoms with Crippen molar-refractivity contribution in [3.8, 4) is 0 Å². The van der Waals surface area contributed by atoms with Crippen LogP contribution < -0.4 is 4.90 Å². The zero-order chi connectivity index (χ0) is 24.4. The molecule has 0 bridgehead atoms. The third kappa shape index (κ3) is 4.61. The summed E-state index contributed by atoms with van der Waals surface area (Å²) in [6.07, 6.45) is -0.462. The van der Waals surface area contributed by atoms with E-state index in [1.54, 1.807) is 17.0 Å². The smallest absolute Gasteiger partial charge is 0.270 e. The minimum atomic E-state index is -0.473. The number of anilines is 1.